The van der Waals surface area contributed by atoms with Crippen molar-refractivity contribution in [2.45, 2.75) is 38.6 Å². The topological polar surface area (TPSA) is 60.1 Å². The summed E-state index contributed by atoms with van der Waals surface area (Å²) in [5.41, 5.74) is -0.271. The van der Waals surface area contributed by atoms with Gasteiger partial charge in [0, 0.05) is 32.1 Å². The van der Waals surface area contributed by atoms with Crippen LogP contribution in [-0.4, -0.2) is 38.2 Å². The molecule has 1 amide bonds. The number of aromatic nitrogens is 3. The van der Waals surface area contributed by atoms with Gasteiger partial charge in [0.25, 0.3) is 5.91 Å². The highest BCUT2D eigenvalue weighted by atomic mass is 35.5. The molecule has 140 valence electrons. The molecule has 26 heavy (non-hydrogen) atoms. The van der Waals surface area contributed by atoms with Crippen molar-refractivity contribution >= 4 is 17.5 Å². The van der Waals surface area contributed by atoms with E-state index in [9.17, 15) is 14.0 Å². The fraction of sp³-hybridized carbons (Fsp3) is 0.500. The van der Waals surface area contributed by atoms with Gasteiger partial charge in [-0.15, -0.1) is 0 Å². The minimum Gasteiger partial charge on any atom is -0.338 e. The summed E-state index contributed by atoms with van der Waals surface area (Å²) in [5.74, 6) is -0.451. The average molecular weight is 381 g/mol. The highest BCUT2D eigenvalue weighted by Gasteiger charge is 2.31. The number of hydrogen-bond donors (Lipinski definition) is 0. The van der Waals surface area contributed by atoms with Crippen LogP contribution in [0.1, 0.15) is 54.8 Å². The van der Waals surface area contributed by atoms with E-state index in [0.717, 1.165) is 12.8 Å². The number of halogens is 2. The van der Waals surface area contributed by atoms with E-state index in [1.165, 1.54) is 22.9 Å². The molecule has 6 nitrogen and oxygen atoms in total. The summed E-state index contributed by atoms with van der Waals surface area (Å²) in [4.78, 5) is 26.7. The van der Waals surface area contributed by atoms with Crippen LogP contribution in [0.4, 0.5) is 4.39 Å². The third kappa shape index (κ3) is 3.28. The number of carbonyl (C=O) groups excluding carboxylic acids is 1. The Morgan fingerprint density at radius 2 is 2.12 bits per heavy atom. The van der Waals surface area contributed by atoms with Crippen LogP contribution in [0, 0.1) is 5.82 Å². The molecule has 2 aromatic rings. The second kappa shape index (κ2) is 7.23. The Labute approximate surface area is 156 Å². The summed E-state index contributed by atoms with van der Waals surface area (Å²) in [6, 6.07) is 4.19. The first-order valence-corrected chi connectivity index (χ1v) is 9.07. The second-order valence-electron chi connectivity index (χ2n) is 6.92. The molecule has 1 aliphatic heterocycles. The Balaban J connectivity index is 1.90. The predicted molar refractivity (Wildman–Crippen MR) is 97.1 cm³/mol. The van der Waals surface area contributed by atoms with Crippen LogP contribution >= 0.6 is 11.6 Å². The van der Waals surface area contributed by atoms with Gasteiger partial charge in [0.15, 0.2) is 0 Å². The molecular weight excluding hydrogens is 359 g/mol. The molecule has 1 atom stereocenters. The molecule has 1 aromatic heterocycles. The van der Waals surface area contributed by atoms with Crippen molar-refractivity contribution in [1.82, 2.24) is 19.2 Å². The molecule has 2 heterocycles. The number of piperidine rings is 1. The standard InChI is InChI=1S/C18H22ClFN4O2/c1-11(2)24-16(21-22(3)18(24)26)12-6-5-9-23(10-12)17(25)15-13(19)7-4-8-14(15)20/h4,7-8,11-12H,5-6,9-10H2,1-3H3. The van der Waals surface area contributed by atoms with Crippen molar-refractivity contribution in [3.05, 3.63) is 50.9 Å². The van der Waals surface area contributed by atoms with Crippen molar-refractivity contribution in [1.29, 1.82) is 0 Å². The number of likely N-dealkylation sites (tertiary alicyclic amines) is 1. The maximum absolute atomic E-state index is 14.1. The van der Waals surface area contributed by atoms with Crippen molar-refractivity contribution in [3.8, 4) is 0 Å². The van der Waals surface area contributed by atoms with E-state index in [-0.39, 0.29) is 28.2 Å². The first-order valence-electron chi connectivity index (χ1n) is 8.70. The van der Waals surface area contributed by atoms with Gasteiger partial charge in [-0.3, -0.25) is 9.36 Å². The lowest BCUT2D eigenvalue weighted by atomic mass is 9.96. The van der Waals surface area contributed by atoms with Gasteiger partial charge in [0.2, 0.25) is 0 Å². The summed E-state index contributed by atoms with van der Waals surface area (Å²) < 4.78 is 17.1. The number of carbonyl (C=O) groups is 1. The second-order valence-corrected chi connectivity index (χ2v) is 7.32. The van der Waals surface area contributed by atoms with Crippen LogP contribution in [-0.2, 0) is 7.05 Å². The monoisotopic (exact) mass is 380 g/mol. The Morgan fingerprint density at radius 3 is 2.77 bits per heavy atom. The fourth-order valence-corrected chi connectivity index (χ4v) is 3.74. The zero-order chi connectivity index (χ0) is 19.0. The van der Waals surface area contributed by atoms with Crippen LogP contribution in [0.5, 0.6) is 0 Å². The number of aryl methyl sites for hydroxylation is 1. The molecule has 0 saturated carbocycles. The van der Waals surface area contributed by atoms with Gasteiger partial charge in [-0.2, -0.15) is 5.10 Å². The third-order valence-electron chi connectivity index (χ3n) is 4.75. The van der Waals surface area contributed by atoms with Crippen molar-refractivity contribution in [2.75, 3.05) is 13.1 Å². The molecule has 3 rings (SSSR count). The molecular formula is C18H22ClFN4O2. The van der Waals surface area contributed by atoms with Gasteiger partial charge < -0.3 is 4.90 Å². The Hall–Kier alpha value is -2.15. The van der Waals surface area contributed by atoms with E-state index in [4.69, 9.17) is 11.6 Å². The van der Waals surface area contributed by atoms with Crippen molar-refractivity contribution < 1.29 is 9.18 Å². The van der Waals surface area contributed by atoms with Crippen molar-refractivity contribution in [3.63, 3.8) is 0 Å². The lowest BCUT2D eigenvalue weighted by molar-refractivity contribution is 0.0698. The van der Waals surface area contributed by atoms with E-state index in [1.807, 2.05) is 13.8 Å². The minimum absolute atomic E-state index is 0.0294. The zero-order valence-corrected chi connectivity index (χ0v) is 15.8. The minimum atomic E-state index is -0.624. The quantitative estimate of drug-likeness (QED) is 0.822. The van der Waals surface area contributed by atoms with E-state index in [2.05, 4.69) is 5.10 Å². The number of rotatable bonds is 3. The van der Waals surface area contributed by atoms with E-state index in [0.29, 0.717) is 18.9 Å². The van der Waals surface area contributed by atoms with Gasteiger partial charge in [-0.1, -0.05) is 17.7 Å². The molecule has 1 fully saturated rings. The maximum Gasteiger partial charge on any atom is 0.345 e. The number of nitrogens with zero attached hydrogens (tertiary/aromatic N) is 4. The molecule has 8 heteroatoms. The first-order chi connectivity index (χ1) is 12.3. The third-order valence-corrected chi connectivity index (χ3v) is 5.06. The largest absolute Gasteiger partial charge is 0.345 e. The van der Waals surface area contributed by atoms with Gasteiger partial charge in [-0.25, -0.2) is 13.9 Å². The van der Waals surface area contributed by atoms with Crippen LogP contribution in [0.25, 0.3) is 0 Å². The Morgan fingerprint density at radius 1 is 1.38 bits per heavy atom. The van der Waals surface area contributed by atoms with Crippen LogP contribution in [0.2, 0.25) is 5.02 Å². The first kappa shape index (κ1) is 18.6. The summed E-state index contributed by atoms with van der Waals surface area (Å²) in [7, 11) is 1.62. The molecule has 1 aromatic carbocycles. The average Bonchev–Trinajstić information content (AvgIpc) is 2.90. The fourth-order valence-electron chi connectivity index (χ4n) is 3.49. The van der Waals surface area contributed by atoms with Gasteiger partial charge in [0.1, 0.15) is 11.6 Å². The molecule has 0 aliphatic carbocycles. The van der Waals surface area contributed by atoms with Gasteiger partial charge >= 0.3 is 5.69 Å². The van der Waals surface area contributed by atoms with E-state index >= 15 is 0 Å². The Bertz CT molecular complexity index is 870. The smallest absolute Gasteiger partial charge is 0.338 e. The van der Waals surface area contributed by atoms with Crippen LogP contribution in [0.15, 0.2) is 23.0 Å². The number of amides is 1. The molecule has 0 N–H and O–H groups in total. The van der Waals surface area contributed by atoms with Crippen LogP contribution in [0.3, 0.4) is 0 Å². The Kier molecular flexibility index (Phi) is 5.18. The highest BCUT2D eigenvalue weighted by molar-refractivity contribution is 6.33. The van der Waals surface area contributed by atoms with E-state index in [1.54, 1.807) is 16.5 Å². The number of benzene rings is 1. The van der Waals surface area contributed by atoms with Crippen LogP contribution < -0.4 is 5.69 Å². The summed E-state index contributed by atoms with van der Waals surface area (Å²) in [6.45, 7) is 4.76. The molecule has 0 radical (unpaired) electrons. The SMILES string of the molecule is CC(C)n1c(C2CCCN(C(=O)c3c(F)cccc3Cl)C2)nn(C)c1=O. The molecule has 0 bridgehead atoms. The van der Waals surface area contributed by atoms with Gasteiger partial charge in [0.05, 0.1) is 10.6 Å². The number of hydrogen-bond acceptors (Lipinski definition) is 3. The molecule has 1 saturated heterocycles. The molecule has 1 aliphatic rings. The maximum atomic E-state index is 14.1. The normalized spacial score (nSPS) is 17.8. The van der Waals surface area contributed by atoms with Crippen molar-refractivity contribution in [2.24, 2.45) is 7.05 Å². The van der Waals surface area contributed by atoms with E-state index < -0.39 is 11.7 Å². The lowest BCUT2D eigenvalue weighted by Gasteiger charge is -2.33. The molecule has 0 spiro atoms. The molecule has 1 unspecified atom stereocenters. The predicted octanol–water partition coefficient (Wildman–Crippen LogP) is 2.98. The van der Waals surface area contributed by atoms with Gasteiger partial charge in [-0.05, 0) is 38.8 Å². The summed E-state index contributed by atoms with van der Waals surface area (Å²) in [5, 5.41) is 4.49. The highest BCUT2D eigenvalue weighted by Crippen LogP contribution is 2.29. The summed E-state index contributed by atoms with van der Waals surface area (Å²) in [6.07, 6.45) is 1.57. The summed E-state index contributed by atoms with van der Waals surface area (Å²) >= 11 is 6.04. The lowest BCUT2D eigenvalue weighted by Crippen LogP contribution is -2.40. The zero-order valence-electron chi connectivity index (χ0n) is 15.1.